The highest BCUT2D eigenvalue weighted by atomic mass is 15.2. The Bertz CT molecular complexity index is 2530. The van der Waals surface area contributed by atoms with Gasteiger partial charge in [-0.1, -0.05) is 109 Å². The topological polar surface area (TPSA) is 11.4 Å². The summed E-state index contributed by atoms with van der Waals surface area (Å²) in [5, 5.41) is 4.89. The van der Waals surface area contributed by atoms with Crippen molar-refractivity contribution in [1.82, 2.24) is 4.57 Å². The first-order chi connectivity index (χ1) is 24.3. The van der Waals surface area contributed by atoms with Gasteiger partial charge in [0.1, 0.15) is 0 Å². The Morgan fingerprint density at radius 3 is 1.51 bits per heavy atom. The van der Waals surface area contributed by atoms with Gasteiger partial charge in [-0.2, -0.15) is 0 Å². The molecule has 1 heterocycles. The van der Waals surface area contributed by atoms with Crippen LogP contribution in [-0.4, -0.2) is 4.57 Å². The molecule has 232 valence electrons. The zero-order chi connectivity index (χ0) is 32.6. The maximum absolute atomic E-state index is 2.36. The highest BCUT2D eigenvalue weighted by molar-refractivity contribution is 6.10. The predicted molar refractivity (Wildman–Crippen MR) is 208 cm³/mol. The lowest BCUT2D eigenvalue weighted by Crippen LogP contribution is -2.12. The second kappa shape index (κ2) is 12.2. The first-order valence-corrected chi connectivity index (χ1v) is 16.7. The molecule has 9 aromatic rings. The number of fused-ring (bicyclic) bond motifs is 4. The number of aromatic nitrogens is 1. The van der Waals surface area contributed by atoms with Gasteiger partial charge in [-0.05, 0) is 96.4 Å². The number of benzene rings is 8. The first kappa shape index (κ1) is 28.6. The van der Waals surface area contributed by atoms with Crippen molar-refractivity contribution < 1.29 is 0 Å². The minimum atomic E-state index is 1.09. The van der Waals surface area contributed by atoms with Crippen LogP contribution in [0.5, 0.6) is 0 Å². The van der Waals surface area contributed by atoms with Crippen LogP contribution in [0, 0.1) is 0 Å². The molecule has 0 radical (unpaired) electrons. The number of rotatable bonds is 7. The largest absolute Gasteiger partial charge is 0.310 e. The minimum absolute atomic E-state index is 1.09. The van der Waals surface area contributed by atoms with Crippen LogP contribution in [0.15, 0.2) is 200 Å². The van der Waals surface area contributed by atoms with E-state index in [1.807, 2.05) is 0 Å². The van der Waals surface area contributed by atoms with Crippen LogP contribution >= 0.6 is 0 Å². The SMILES string of the molecule is c1ccc(N(c2ccc(N(c3ccccc3)c3cccc4ccccc34)cc2)c2ccc3c(c2)c2ccccc2n3-c2ccccc2)cc1. The summed E-state index contributed by atoms with van der Waals surface area (Å²) in [5.74, 6) is 0. The van der Waals surface area contributed by atoms with Crippen molar-refractivity contribution in [2.75, 3.05) is 9.80 Å². The maximum Gasteiger partial charge on any atom is 0.0542 e. The third-order valence-electron chi connectivity index (χ3n) is 9.33. The zero-order valence-electron chi connectivity index (χ0n) is 26.9. The normalized spacial score (nSPS) is 11.3. The Balaban J connectivity index is 1.19. The van der Waals surface area contributed by atoms with Crippen LogP contribution in [0.2, 0.25) is 0 Å². The third kappa shape index (κ3) is 5.09. The Hall–Kier alpha value is -6.58. The molecule has 0 fully saturated rings. The second-order valence-corrected chi connectivity index (χ2v) is 12.2. The molecule has 9 rings (SSSR count). The number of hydrogen-bond acceptors (Lipinski definition) is 2. The van der Waals surface area contributed by atoms with Gasteiger partial charge in [0.25, 0.3) is 0 Å². The molecule has 0 amide bonds. The average Bonchev–Trinajstić information content (AvgIpc) is 3.51. The quantitative estimate of drug-likeness (QED) is 0.174. The van der Waals surface area contributed by atoms with Crippen LogP contribution in [0.1, 0.15) is 0 Å². The smallest absolute Gasteiger partial charge is 0.0542 e. The second-order valence-electron chi connectivity index (χ2n) is 12.2. The highest BCUT2D eigenvalue weighted by Crippen LogP contribution is 2.42. The van der Waals surface area contributed by atoms with Gasteiger partial charge in [0.15, 0.2) is 0 Å². The van der Waals surface area contributed by atoms with Gasteiger partial charge in [0.05, 0.1) is 16.7 Å². The highest BCUT2D eigenvalue weighted by Gasteiger charge is 2.19. The molecule has 0 aliphatic heterocycles. The molecule has 3 heteroatoms. The first-order valence-electron chi connectivity index (χ1n) is 16.7. The van der Waals surface area contributed by atoms with Crippen molar-refractivity contribution in [3.8, 4) is 5.69 Å². The van der Waals surface area contributed by atoms with Gasteiger partial charge >= 0.3 is 0 Å². The lowest BCUT2D eigenvalue weighted by Gasteiger charge is -2.29. The van der Waals surface area contributed by atoms with E-state index in [2.05, 4.69) is 215 Å². The van der Waals surface area contributed by atoms with Gasteiger partial charge in [0, 0.05) is 50.3 Å². The maximum atomic E-state index is 2.36. The molecule has 49 heavy (non-hydrogen) atoms. The zero-order valence-corrected chi connectivity index (χ0v) is 26.9. The Morgan fingerprint density at radius 1 is 0.306 bits per heavy atom. The van der Waals surface area contributed by atoms with E-state index >= 15 is 0 Å². The standard InChI is InChI=1S/C46H33N3/c1-4-17-35(18-5-1)47(40-31-32-46-43(33-40)42-24-12-13-25-45(42)49(46)37-21-8-3-9-22-37)38-27-29-39(30-28-38)48(36-19-6-2-7-20-36)44-26-14-16-34-15-10-11-23-41(34)44/h1-33H. The van der Waals surface area contributed by atoms with E-state index in [4.69, 9.17) is 0 Å². The van der Waals surface area contributed by atoms with Gasteiger partial charge in [-0.25, -0.2) is 0 Å². The van der Waals surface area contributed by atoms with Crippen molar-refractivity contribution in [2.24, 2.45) is 0 Å². The molecule has 0 unspecified atom stereocenters. The summed E-state index contributed by atoms with van der Waals surface area (Å²) in [5.41, 5.74) is 10.2. The van der Waals surface area contributed by atoms with Crippen LogP contribution in [0.4, 0.5) is 34.1 Å². The van der Waals surface area contributed by atoms with E-state index in [1.165, 1.54) is 32.6 Å². The van der Waals surface area contributed by atoms with Crippen molar-refractivity contribution in [2.45, 2.75) is 0 Å². The van der Waals surface area contributed by atoms with Crippen molar-refractivity contribution >= 4 is 66.7 Å². The molecular formula is C46H33N3. The molecule has 0 N–H and O–H groups in total. The molecule has 1 aromatic heterocycles. The summed E-state index contributed by atoms with van der Waals surface area (Å²) in [4.78, 5) is 4.70. The van der Waals surface area contributed by atoms with E-state index in [0.29, 0.717) is 0 Å². The minimum Gasteiger partial charge on any atom is -0.310 e. The molecule has 0 spiro atoms. The lowest BCUT2D eigenvalue weighted by atomic mass is 10.1. The van der Waals surface area contributed by atoms with E-state index < -0.39 is 0 Å². The summed E-state index contributed by atoms with van der Waals surface area (Å²) in [6, 6.07) is 71.5. The van der Waals surface area contributed by atoms with Crippen molar-refractivity contribution in [3.05, 3.63) is 200 Å². The fourth-order valence-corrected chi connectivity index (χ4v) is 7.14. The Kier molecular flexibility index (Phi) is 7.14. The molecular weight excluding hydrogens is 595 g/mol. The number of anilines is 6. The number of para-hydroxylation sites is 4. The van der Waals surface area contributed by atoms with E-state index in [-0.39, 0.29) is 0 Å². The Morgan fingerprint density at radius 2 is 0.796 bits per heavy atom. The summed E-state index contributed by atoms with van der Waals surface area (Å²) < 4.78 is 2.36. The molecule has 8 aromatic carbocycles. The number of hydrogen-bond donors (Lipinski definition) is 0. The van der Waals surface area contributed by atoms with E-state index in [9.17, 15) is 0 Å². The van der Waals surface area contributed by atoms with Crippen molar-refractivity contribution in [1.29, 1.82) is 0 Å². The van der Waals surface area contributed by atoms with Crippen LogP contribution < -0.4 is 9.80 Å². The van der Waals surface area contributed by atoms with Crippen LogP contribution in [0.3, 0.4) is 0 Å². The summed E-state index contributed by atoms with van der Waals surface area (Å²) in [6.45, 7) is 0. The van der Waals surface area contributed by atoms with Crippen molar-refractivity contribution in [3.63, 3.8) is 0 Å². The lowest BCUT2D eigenvalue weighted by molar-refractivity contribution is 1.18. The fourth-order valence-electron chi connectivity index (χ4n) is 7.14. The summed E-state index contributed by atoms with van der Waals surface area (Å²) >= 11 is 0. The molecule has 0 aliphatic rings. The molecule has 0 saturated heterocycles. The Labute approximate surface area is 286 Å². The number of nitrogens with zero attached hydrogens (tertiary/aromatic N) is 3. The van der Waals surface area contributed by atoms with E-state index in [1.54, 1.807) is 0 Å². The molecule has 3 nitrogen and oxygen atoms in total. The van der Waals surface area contributed by atoms with Gasteiger partial charge in [0.2, 0.25) is 0 Å². The van der Waals surface area contributed by atoms with Crippen LogP contribution in [0.25, 0.3) is 38.3 Å². The third-order valence-corrected chi connectivity index (χ3v) is 9.33. The predicted octanol–water partition coefficient (Wildman–Crippen LogP) is 12.9. The summed E-state index contributed by atoms with van der Waals surface area (Å²) in [6.07, 6.45) is 0. The van der Waals surface area contributed by atoms with Gasteiger partial charge in [-0.3, -0.25) is 0 Å². The molecule has 0 aliphatic carbocycles. The molecule has 0 atom stereocenters. The van der Waals surface area contributed by atoms with Gasteiger partial charge in [-0.15, -0.1) is 0 Å². The molecule has 0 saturated carbocycles. The van der Waals surface area contributed by atoms with Crippen LogP contribution in [-0.2, 0) is 0 Å². The molecule has 0 bridgehead atoms. The average molecular weight is 628 g/mol. The van der Waals surface area contributed by atoms with E-state index in [0.717, 1.165) is 39.8 Å². The van der Waals surface area contributed by atoms with Gasteiger partial charge < -0.3 is 14.4 Å². The fraction of sp³-hybridized carbons (Fsp3) is 0. The summed E-state index contributed by atoms with van der Waals surface area (Å²) in [7, 11) is 0. The monoisotopic (exact) mass is 627 g/mol.